The molecule has 0 fully saturated rings. The Hall–Kier alpha value is -2.99. The normalized spacial score (nSPS) is 19.4. The number of hydrogen-bond acceptors (Lipinski definition) is 4. The average molecular weight is 395 g/mol. The molecule has 1 aliphatic heterocycles. The second kappa shape index (κ2) is 7.20. The predicted octanol–water partition coefficient (Wildman–Crippen LogP) is 4.26. The minimum absolute atomic E-state index is 0.293. The first-order valence-electron chi connectivity index (χ1n) is 8.87. The number of thiophene rings is 1. The SMILES string of the molecule is C[C@]1(C(=O)N[C@H](c2ccc(F)cc2)c2cccs2)Cc2ccccc2C(=O)O1. The number of carbonyl (C=O) groups excluding carboxylic acids is 2. The van der Waals surface area contributed by atoms with E-state index in [0.29, 0.717) is 12.0 Å². The van der Waals surface area contributed by atoms with Gasteiger partial charge < -0.3 is 10.1 Å². The molecule has 2 heterocycles. The maximum atomic E-state index is 13.3. The molecule has 4 rings (SSSR count). The van der Waals surface area contributed by atoms with Gasteiger partial charge in [0.05, 0.1) is 11.6 Å². The van der Waals surface area contributed by atoms with Crippen LogP contribution in [0.3, 0.4) is 0 Å². The Morgan fingerprint density at radius 1 is 1.14 bits per heavy atom. The second-order valence-electron chi connectivity index (χ2n) is 6.93. The molecule has 0 bridgehead atoms. The molecule has 0 saturated heterocycles. The van der Waals surface area contributed by atoms with Gasteiger partial charge in [0.15, 0.2) is 5.60 Å². The summed E-state index contributed by atoms with van der Waals surface area (Å²) in [6.07, 6.45) is 0.293. The summed E-state index contributed by atoms with van der Waals surface area (Å²) in [7, 11) is 0. The molecule has 6 heteroatoms. The lowest BCUT2D eigenvalue weighted by molar-refractivity contribution is -0.140. The number of halogens is 1. The number of amides is 1. The number of nitrogens with one attached hydrogen (secondary N) is 1. The summed E-state index contributed by atoms with van der Waals surface area (Å²) < 4.78 is 18.9. The molecule has 1 aliphatic rings. The molecule has 1 N–H and O–H groups in total. The van der Waals surface area contributed by atoms with Crippen LogP contribution in [0.2, 0.25) is 0 Å². The molecule has 1 aromatic heterocycles. The lowest BCUT2D eigenvalue weighted by Gasteiger charge is -2.34. The van der Waals surface area contributed by atoms with Gasteiger partial charge in [-0.05, 0) is 47.7 Å². The molecular weight excluding hydrogens is 377 g/mol. The lowest BCUT2D eigenvalue weighted by Crippen LogP contribution is -2.52. The minimum atomic E-state index is -1.32. The van der Waals surface area contributed by atoms with E-state index in [2.05, 4.69) is 5.32 Å². The number of fused-ring (bicyclic) bond motifs is 1. The van der Waals surface area contributed by atoms with Crippen LogP contribution in [0.4, 0.5) is 4.39 Å². The highest BCUT2D eigenvalue weighted by Crippen LogP contribution is 2.31. The Labute approximate surface area is 166 Å². The smallest absolute Gasteiger partial charge is 0.339 e. The number of rotatable bonds is 4. The molecule has 1 amide bonds. The zero-order valence-electron chi connectivity index (χ0n) is 15.1. The van der Waals surface area contributed by atoms with Crippen molar-refractivity contribution < 1.29 is 18.7 Å². The first-order valence-corrected chi connectivity index (χ1v) is 9.75. The van der Waals surface area contributed by atoms with Crippen LogP contribution in [0.15, 0.2) is 66.0 Å². The Morgan fingerprint density at radius 2 is 1.89 bits per heavy atom. The first-order chi connectivity index (χ1) is 13.5. The van der Waals surface area contributed by atoms with E-state index in [4.69, 9.17) is 4.74 Å². The zero-order valence-corrected chi connectivity index (χ0v) is 16.0. The maximum Gasteiger partial charge on any atom is 0.339 e. The van der Waals surface area contributed by atoms with Crippen molar-refractivity contribution in [3.05, 3.63) is 93.4 Å². The number of carbonyl (C=O) groups is 2. The molecule has 142 valence electrons. The van der Waals surface area contributed by atoms with Gasteiger partial charge in [-0.1, -0.05) is 36.4 Å². The van der Waals surface area contributed by atoms with Gasteiger partial charge in [0.25, 0.3) is 5.91 Å². The molecule has 4 nitrogen and oxygen atoms in total. The molecule has 2 atom stereocenters. The van der Waals surface area contributed by atoms with Crippen molar-refractivity contribution in [1.82, 2.24) is 5.32 Å². The van der Waals surface area contributed by atoms with Crippen LogP contribution in [0.25, 0.3) is 0 Å². The third kappa shape index (κ3) is 3.43. The molecular formula is C22H18FNO3S. The van der Waals surface area contributed by atoms with Gasteiger partial charge >= 0.3 is 5.97 Å². The highest BCUT2D eigenvalue weighted by atomic mass is 32.1. The highest BCUT2D eigenvalue weighted by Gasteiger charge is 2.43. The summed E-state index contributed by atoms with van der Waals surface area (Å²) in [5, 5.41) is 4.90. The fourth-order valence-corrected chi connectivity index (χ4v) is 4.18. The van der Waals surface area contributed by atoms with Gasteiger partial charge in [-0.2, -0.15) is 0 Å². The second-order valence-corrected chi connectivity index (χ2v) is 7.91. The Balaban J connectivity index is 1.63. The monoisotopic (exact) mass is 395 g/mol. The van der Waals surface area contributed by atoms with Crippen LogP contribution < -0.4 is 5.32 Å². The topological polar surface area (TPSA) is 55.4 Å². The fraction of sp³-hybridized carbons (Fsp3) is 0.182. The van der Waals surface area contributed by atoms with Gasteiger partial charge in [0.2, 0.25) is 0 Å². The van der Waals surface area contributed by atoms with Crippen molar-refractivity contribution in [2.45, 2.75) is 25.0 Å². The number of ether oxygens (including phenoxy) is 1. The summed E-state index contributed by atoms with van der Waals surface area (Å²) in [4.78, 5) is 26.5. The summed E-state index contributed by atoms with van der Waals surface area (Å²) in [6.45, 7) is 1.62. The van der Waals surface area contributed by atoms with Crippen LogP contribution in [-0.4, -0.2) is 17.5 Å². The summed E-state index contributed by atoms with van der Waals surface area (Å²) in [6, 6.07) is 16.5. The predicted molar refractivity (Wildman–Crippen MR) is 105 cm³/mol. The van der Waals surface area contributed by atoms with E-state index in [-0.39, 0.29) is 5.82 Å². The van der Waals surface area contributed by atoms with E-state index in [1.165, 1.54) is 23.5 Å². The minimum Gasteiger partial charge on any atom is -0.445 e. The van der Waals surface area contributed by atoms with Crippen molar-refractivity contribution in [2.24, 2.45) is 0 Å². The van der Waals surface area contributed by atoms with Gasteiger partial charge in [-0.3, -0.25) is 4.79 Å². The van der Waals surface area contributed by atoms with E-state index in [9.17, 15) is 14.0 Å². The van der Waals surface area contributed by atoms with Crippen LogP contribution in [0.5, 0.6) is 0 Å². The van der Waals surface area contributed by atoms with E-state index in [0.717, 1.165) is 16.0 Å². The van der Waals surface area contributed by atoms with Crippen LogP contribution >= 0.6 is 11.3 Å². The molecule has 0 aliphatic carbocycles. The number of hydrogen-bond donors (Lipinski definition) is 1. The van der Waals surface area contributed by atoms with Gasteiger partial charge in [-0.25, -0.2) is 9.18 Å². The highest BCUT2D eigenvalue weighted by molar-refractivity contribution is 7.10. The maximum absolute atomic E-state index is 13.3. The van der Waals surface area contributed by atoms with Crippen LogP contribution in [0.1, 0.15) is 39.3 Å². The van der Waals surface area contributed by atoms with Crippen molar-refractivity contribution in [1.29, 1.82) is 0 Å². The molecule has 3 aromatic rings. The average Bonchev–Trinajstić information content (AvgIpc) is 3.21. The van der Waals surface area contributed by atoms with Crippen LogP contribution in [0, 0.1) is 5.82 Å². The molecule has 28 heavy (non-hydrogen) atoms. The summed E-state index contributed by atoms with van der Waals surface area (Å²) in [5.41, 5.74) is 0.705. The third-order valence-electron chi connectivity index (χ3n) is 4.87. The van der Waals surface area contributed by atoms with Crippen molar-refractivity contribution in [3.63, 3.8) is 0 Å². The Kier molecular flexibility index (Phi) is 4.73. The summed E-state index contributed by atoms with van der Waals surface area (Å²) in [5.74, 6) is -1.24. The van der Waals surface area contributed by atoms with E-state index in [1.807, 2.05) is 29.6 Å². The molecule has 0 saturated carbocycles. The molecule has 0 spiro atoms. The number of cyclic esters (lactones) is 1. The standard InChI is InChI=1S/C22H18FNO3S/c1-22(13-15-5-2-3-6-17(15)20(25)27-22)21(26)24-19(18-7-4-12-28-18)14-8-10-16(23)11-9-14/h2-12,19H,13H2,1H3,(H,24,26)/t19-,22-/m1/s1. The Morgan fingerprint density at radius 3 is 2.61 bits per heavy atom. The fourth-order valence-electron chi connectivity index (χ4n) is 3.37. The van der Waals surface area contributed by atoms with Crippen molar-refractivity contribution in [3.8, 4) is 0 Å². The first kappa shape index (κ1) is 18.4. The number of esters is 1. The van der Waals surface area contributed by atoms with Crippen molar-refractivity contribution >= 4 is 23.2 Å². The zero-order chi connectivity index (χ0) is 19.7. The largest absolute Gasteiger partial charge is 0.445 e. The van der Waals surface area contributed by atoms with E-state index in [1.54, 1.807) is 31.2 Å². The van der Waals surface area contributed by atoms with Gasteiger partial charge in [-0.15, -0.1) is 11.3 Å². The van der Waals surface area contributed by atoms with E-state index >= 15 is 0 Å². The lowest BCUT2D eigenvalue weighted by atomic mass is 9.89. The van der Waals surface area contributed by atoms with Crippen LogP contribution in [-0.2, 0) is 16.0 Å². The molecule has 0 radical (unpaired) electrons. The van der Waals surface area contributed by atoms with Crippen molar-refractivity contribution in [2.75, 3.05) is 0 Å². The Bertz CT molecular complexity index is 1020. The molecule has 0 unspecified atom stereocenters. The quantitative estimate of drug-likeness (QED) is 0.672. The third-order valence-corrected chi connectivity index (χ3v) is 5.81. The summed E-state index contributed by atoms with van der Waals surface area (Å²) >= 11 is 1.49. The molecule has 2 aromatic carbocycles. The van der Waals surface area contributed by atoms with Gasteiger partial charge in [0.1, 0.15) is 5.82 Å². The van der Waals surface area contributed by atoms with E-state index < -0.39 is 23.5 Å². The number of benzene rings is 2. The van der Waals surface area contributed by atoms with Gasteiger partial charge in [0, 0.05) is 11.3 Å².